The summed E-state index contributed by atoms with van der Waals surface area (Å²) in [6.07, 6.45) is 2.01. The number of ether oxygens (including phenoxy) is 4. The number of hydrogen-bond donors (Lipinski definition) is 4. The van der Waals surface area contributed by atoms with Crippen molar-refractivity contribution in [2.24, 2.45) is 0 Å². The second kappa shape index (κ2) is 17.6. The smallest absolute Gasteiger partial charge is 0.408 e. The Morgan fingerprint density at radius 2 is 1.67 bits per heavy atom. The molecule has 1 aromatic carbocycles. The van der Waals surface area contributed by atoms with Crippen LogP contribution in [-0.4, -0.2) is 99.9 Å². The molecule has 1 saturated heterocycles. The molecule has 4 N–H and O–H groups in total. The number of allylic oxidation sites excluding steroid dienone is 1. The SMILES string of the molecule is COc1ccc(COC(=O)C2=C(/C=C/[C@@H](CO)NC(=O)CC[C@@H](NC(C)=O)C(=O)OC(C)(C)C)CS[C@@H]3[C@H](NC(=O)OC(C)(C)C)C(=O)N23)cc1. The molecule has 15 nitrogen and oxygen atoms in total. The number of benzene rings is 1. The fraction of sp³-hybridized carbons (Fsp3) is 0.543. The molecular formula is C35H48N4O11S. The predicted octanol–water partition coefficient (Wildman–Crippen LogP) is 2.46. The maximum Gasteiger partial charge on any atom is 0.408 e. The summed E-state index contributed by atoms with van der Waals surface area (Å²) < 4.78 is 21.4. The number of nitrogens with one attached hydrogen (secondary N) is 3. The number of nitrogens with zero attached hydrogens (tertiary/aromatic N) is 1. The molecule has 51 heavy (non-hydrogen) atoms. The zero-order valence-electron chi connectivity index (χ0n) is 30.2. The maximum absolute atomic E-state index is 13.6. The second-order valence-electron chi connectivity index (χ2n) is 13.9. The average Bonchev–Trinajstić information content (AvgIpc) is 3.04. The third-order valence-corrected chi connectivity index (χ3v) is 8.50. The summed E-state index contributed by atoms with van der Waals surface area (Å²) in [6.45, 7) is 10.8. The molecule has 4 amide bonds. The molecule has 0 aromatic heterocycles. The highest BCUT2D eigenvalue weighted by Gasteiger charge is 2.54. The van der Waals surface area contributed by atoms with Crippen LogP contribution in [0.4, 0.5) is 4.79 Å². The van der Waals surface area contributed by atoms with Gasteiger partial charge in [-0.2, -0.15) is 0 Å². The van der Waals surface area contributed by atoms with Gasteiger partial charge in [-0.1, -0.05) is 24.3 Å². The Balaban J connectivity index is 1.78. The molecule has 280 valence electrons. The van der Waals surface area contributed by atoms with Gasteiger partial charge in [-0.25, -0.2) is 14.4 Å². The number of carbonyl (C=O) groups is 6. The van der Waals surface area contributed by atoms with Gasteiger partial charge in [-0.3, -0.25) is 19.3 Å². The van der Waals surface area contributed by atoms with Crippen LogP contribution in [0.2, 0.25) is 0 Å². The minimum Gasteiger partial charge on any atom is -0.497 e. The number of fused-ring (bicyclic) bond motifs is 1. The van der Waals surface area contributed by atoms with E-state index in [1.54, 1.807) is 65.8 Å². The van der Waals surface area contributed by atoms with E-state index in [1.807, 2.05) is 0 Å². The van der Waals surface area contributed by atoms with Crippen LogP contribution in [0.3, 0.4) is 0 Å². The van der Waals surface area contributed by atoms with Crippen LogP contribution < -0.4 is 20.7 Å². The Kier molecular flexibility index (Phi) is 14.1. The number of β-lactam (4-membered cyclic amide) rings is 1. The van der Waals surface area contributed by atoms with Gasteiger partial charge in [0.25, 0.3) is 5.91 Å². The van der Waals surface area contributed by atoms with Gasteiger partial charge in [-0.15, -0.1) is 11.8 Å². The minimum atomic E-state index is -1.05. The first-order valence-electron chi connectivity index (χ1n) is 16.4. The lowest BCUT2D eigenvalue weighted by atomic mass is 10.0. The van der Waals surface area contributed by atoms with E-state index in [9.17, 15) is 33.9 Å². The highest BCUT2D eigenvalue weighted by Crippen LogP contribution is 2.41. The first-order valence-corrected chi connectivity index (χ1v) is 17.4. The summed E-state index contributed by atoms with van der Waals surface area (Å²) in [6, 6.07) is 4.01. The quantitative estimate of drug-likeness (QED) is 0.124. The van der Waals surface area contributed by atoms with E-state index < -0.39 is 77.1 Å². The van der Waals surface area contributed by atoms with Crippen LogP contribution >= 0.6 is 11.8 Å². The molecule has 0 spiro atoms. The molecule has 1 aromatic rings. The highest BCUT2D eigenvalue weighted by molar-refractivity contribution is 8.00. The molecule has 3 rings (SSSR count). The van der Waals surface area contributed by atoms with E-state index in [-0.39, 0.29) is 30.9 Å². The Hall–Kier alpha value is -4.57. The molecule has 2 heterocycles. The summed E-state index contributed by atoms with van der Waals surface area (Å²) in [7, 11) is 1.53. The normalized spacial score (nSPS) is 18.5. The van der Waals surface area contributed by atoms with Gasteiger partial charge >= 0.3 is 18.0 Å². The maximum atomic E-state index is 13.6. The first-order chi connectivity index (χ1) is 23.8. The Bertz CT molecular complexity index is 1530. The van der Waals surface area contributed by atoms with Crippen molar-refractivity contribution in [2.75, 3.05) is 19.5 Å². The van der Waals surface area contributed by atoms with Gasteiger partial charge in [-0.05, 0) is 71.2 Å². The number of esters is 2. The van der Waals surface area contributed by atoms with Crippen LogP contribution in [0, 0.1) is 0 Å². The lowest BCUT2D eigenvalue weighted by molar-refractivity contribution is -0.158. The van der Waals surface area contributed by atoms with Crippen molar-refractivity contribution in [2.45, 2.75) is 103 Å². The number of carbonyl (C=O) groups excluding carboxylic acids is 6. The largest absolute Gasteiger partial charge is 0.497 e. The number of amides is 4. The van der Waals surface area contributed by atoms with Crippen molar-refractivity contribution in [3.63, 3.8) is 0 Å². The molecule has 0 saturated carbocycles. The number of aliphatic hydroxyl groups is 1. The third-order valence-electron chi connectivity index (χ3n) is 7.19. The molecular weight excluding hydrogens is 684 g/mol. The summed E-state index contributed by atoms with van der Waals surface area (Å²) in [4.78, 5) is 77.7. The van der Waals surface area contributed by atoms with Gasteiger partial charge in [0, 0.05) is 19.1 Å². The molecule has 4 atom stereocenters. The number of hydrogen-bond acceptors (Lipinski definition) is 12. The van der Waals surface area contributed by atoms with E-state index in [0.717, 1.165) is 0 Å². The van der Waals surface area contributed by atoms with Crippen LogP contribution in [0.1, 0.15) is 66.9 Å². The van der Waals surface area contributed by atoms with E-state index in [2.05, 4.69) is 16.0 Å². The predicted molar refractivity (Wildman–Crippen MR) is 187 cm³/mol. The number of thioether (sulfide) groups is 1. The van der Waals surface area contributed by atoms with Crippen LogP contribution in [0.25, 0.3) is 0 Å². The minimum absolute atomic E-state index is 0.0331. The van der Waals surface area contributed by atoms with Crippen molar-refractivity contribution >= 4 is 47.5 Å². The highest BCUT2D eigenvalue weighted by atomic mass is 32.2. The third kappa shape index (κ3) is 12.3. The molecule has 0 radical (unpaired) electrons. The Morgan fingerprint density at radius 1 is 1.02 bits per heavy atom. The zero-order chi connectivity index (χ0) is 38.1. The van der Waals surface area contributed by atoms with Gasteiger partial charge in [0.1, 0.15) is 46.7 Å². The molecule has 1 fully saturated rings. The lowest BCUT2D eigenvalue weighted by Gasteiger charge is -2.49. The van der Waals surface area contributed by atoms with Crippen molar-refractivity contribution < 1.29 is 52.8 Å². The monoisotopic (exact) mass is 732 g/mol. The van der Waals surface area contributed by atoms with Crippen molar-refractivity contribution in [3.05, 3.63) is 53.3 Å². The molecule has 2 aliphatic rings. The van der Waals surface area contributed by atoms with Crippen molar-refractivity contribution in [1.82, 2.24) is 20.9 Å². The number of methoxy groups -OCH3 is 1. The molecule has 0 aliphatic carbocycles. The van der Waals surface area contributed by atoms with Crippen LogP contribution in [-0.2, 0) is 44.8 Å². The fourth-order valence-electron chi connectivity index (χ4n) is 4.94. The van der Waals surface area contributed by atoms with Crippen molar-refractivity contribution in [1.29, 1.82) is 0 Å². The first kappa shape index (κ1) is 40.9. The summed E-state index contributed by atoms with van der Waals surface area (Å²) >= 11 is 1.30. The zero-order valence-corrected chi connectivity index (χ0v) is 31.0. The Labute approximate surface area is 301 Å². The topological polar surface area (TPSA) is 199 Å². The van der Waals surface area contributed by atoms with Crippen LogP contribution in [0.5, 0.6) is 5.75 Å². The van der Waals surface area contributed by atoms with Gasteiger partial charge in [0.2, 0.25) is 11.8 Å². The number of rotatable bonds is 14. The van der Waals surface area contributed by atoms with Gasteiger partial charge in [0.05, 0.1) is 19.8 Å². The Morgan fingerprint density at radius 3 is 2.24 bits per heavy atom. The van der Waals surface area contributed by atoms with Gasteiger partial charge < -0.3 is 40.0 Å². The number of alkyl carbamates (subject to hydrolysis) is 1. The standard InChI is InChI=1S/C35H48N4O11S/c1-20(41)36-25(31(44)49-34(2,3)4)15-16-26(42)37-23(17-40)12-11-22-19-51-30-27(38-33(46)50-35(5,6)7)29(43)39(30)28(22)32(45)48-18-21-9-13-24(47-8)14-10-21/h9-14,23,25,27,30,40H,15-19H2,1-8H3,(H,36,41)(H,37,42)(H,38,46)/b12-11+/t23-,25+,27+,30+/m0/s1. The van der Waals surface area contributed by atoms with E-state index in [4.69, 9.17) is 18.9 Å². The van der Waals surface area contributed by atoms with E-state index >= 15 is 0 Å². The molecule has 0 unspecified atom stereocenters. The molecule has 2 aliphatic heterocycles. The van der Waals surface area contributed by atoms with E-state index in [0.29, 0.717) is 16.9 Å². The summed E-state index contributed by atoms with van der Waals surface area (Å²) in [5.41, 5.74) is -0.545. The fourth-order valence-corrected chi connectivity index (χ4v) is 6.26. The summed E-state index contributed by atoms with van der Waals surface area (Å²) in [5, 5.41) is 17.2. The number of aliphatic hydroxyl groups excluding tert-OH is 1. The van der Waals surface area contributed by atoms with Gasteiger partial charge in [0.15, 0.2) is 0 Å². The molecule has 0 bridgehead atoms. The van der Waals surface area contributed by atoms with Crippen molar-refractivity contribution in [3.8, 4) is 5.75 Å². The average molecular weight is 733 g/mol. The summed E-state index contributed by atoms with van der Waals surface area (Å²) in [5.74, 6) is -2.12. The second-order valence-corrected chi connectivity index (χ2v) is 15.0. The van der Waals surface area contributed by atoms with Crippen LogP contribution in [0.15, 0.2) is 47.7 Å². The van der Waals surface area contributed by atoms with E-state index in [1.165, 1.54) is 42.8 Å². The lowest BCUT2D eigenvalue weighted by Crippen LogP contribution is -2.70. The molecule has 16 heteroatoms.